The number of hydrogen-bond acceptors (Lipinski definition) is 3. The van der Waals surface area contributed by atoms with Crippen LogP contribution in [0.2, 0.25) is 0 Å². The molecular formula is C13H22N2O3. The summed E-state index contributed by atoms with van der Waals surface area (Å²) in [6.07, 6.45) is 1.89. The summed E-state index contributed by atoms with van der Waals surface area (Å²) in [4.78, 5) is 26.9. The van der Waals surface area contributed by atoms with Crippen LogP contribution in [-0.2, 0) is 9.59 Å². The van der Waals surface area contributed by atoms with Crippen LogP contribution in [0.5, 0.6) is 0 Å². The highest BCUT2D eigenvalue weighted by molar-refractivity contribution is 6.01. The first-order valence-corrected chi connectivity index (χ1v) is 6.21. The summed E-state index contributed by atoms with van der Waals surface area (Å²) in [5.41, 5.74) is 0.448. The van der Waals surface area contributed by atoms with Crippen LogP contribution in [0, 0.1) is 0 Å². The molecule has 0 spiro atoms. The lowest BCUT2D eigenvalue weighted by Gasteiger charge is -2.35. The van der Waals surface area contributed by atoms with Crippen LogP contribution in [0.1, 0.15) is 26.7 Å². The number of hydrogen-bond donors (Lipinski definition) is 1. The highest BCUT2D eigenvalue weighted by atomic mass is 16.4. The van der Waals surface area contributed by atoms with E-state index in [0.717, 1.165) is 25.9 Å². The number of carboxylic acid groups (broad SMARTS) is 1. The maximum Gasteiger partial charge on any atom is 0.331 e. The number of piperidine rings is 1. The number of likely N-dealkylation sites (tertiary alicyclic amines) is 1. The summed E-state index contributed by atoms with van der Waals surface area (Å²) >= 11 is 0. The molecule has 1 aliphatic heterocycles. The Balaban J connectivity index is 2.72. The Labute approximate surface area is 108 Å². The summed E-state index contributed by atoms with van der Waals surface area (Å²) in [5.74, 6) is -1.21. The molecule has 0 aromatic carbocycles. The highest BCUT2D eigenvalue weighted by Crippen LogP contribution is 2.17. The van der Waals surface area contributed by atoms with Gasteiger partial charge in [0.2, 0.25) is 5.91 Å². The fourth-order valence-electron chi connectivity index (χ4n) is 2.13. The SMILES string of the molecule is CC(C(=O)O)=C(C)C(=O)N(C)C1CCN(C)CC1. The van der Waals surface area contributed by atoms with E-state index in [-0.39, 0.29) is 17.5 Å². The van der Waals surface area contributed by atoms with Crippen molar-refractivity contribution in [3.05, 3.63) is 11.1 Å². The monoisotopic (exact) mass is 254 g/mol. The first kappa shape index (κ1) is 14.7. The summed E-state index contributed by atoms with van der Waals surface area (Å²) in [6, 6.07) is 0.213. The van der Waals surface area contributed by atoms with Gasteiger partial charge in [0, 0.05) is 24.2 Å². The molecule has 1 amide bonds. The molecule has 1 fully saturated rings. The van der Waals surface area contributed by atoms with Crippen LogP contribution in [0.25, 0.3) is 0 Å². The molecule has 5 heteroatoms. The quantitative estimate of drug-likeness (QED) is 0.762. The van der Waals surface area contributed by atoms with E-state index in [1.165, 1.54) is 6.92 Å². The number of likely N-dealkylation sites (N-methyl/N-ethyl adjacent to an activating group) is 1. The van der Waals surface area contributed by atoms with Crippen LogP contribution in [-0.4, -0.2) is 60.0 Å². The molecule has 0 aliphatic carbocycles. The van der Waals surface area contributed by atoms with Crippen molar-refractivity contribution in [1.82, 2.24) is 9.80 Å². The Morgan fingerprint density at radius 2 is 1.67 bits per heavy atom. The second-order valence-electron chi connectivity index (χ2n) is 5.01. The molecule has 0 aromatic heterocycles. The van der Waals surface area contributed by atoms with Gasteiger partial charge >= 0.3 is 5.97 Å². The van der Waals surface area contributed by atoms with E-state index >= 15 is 0 Å². The molecule has 1 N–H and O–H groups in total. The molecule has 1 saturated heterocycles. The third-order valence-corrected chi connectivity index (χ3v) is 3.76. The molecule has 0 atom stereocenters. The van der Waals surface area contributed by atoms with Crippen molar-refractivity contribution in [3.8, 4) is 0 Å². The summed E-state index contributed by atoms with van der Waals surface area (Å²) < 4.78 is 0. The predicted octanol–water partition coefficient (Wildman–Crippen LogP) is 0.960. The highest BCUT2D eigenvalue weighted by Gasteiger charge is 2.25. The van der Waals surface area contributed by atoms with Crippen molar-refractivity contribution < 1.29 is 14.7 Å². The van der Waals surface area contributed by atoms with E-state index in [1.54, 1.807) is 18.9 Å². The molecule has 102 valence electrons. The number of aliphatic carboxylic acids is 1. The molecule has 0 aromatic rings. The van der Waals surface area contributed by atoms with Gasteiger partial charge in [0.1, 0.15) is 0 Å². The van der Waals surface area contributed by atoms with E-state index in [0.29, 0.717) is 5.57 Å². The fraction of sp³-hybridized carbons (Fsp3) is 0.692. The van der Waals surface area contributed by atoms with E-state index in [1.807, 2.05) is 0 Å². The Morgan fingerprint density at radius 1 is 1.17 bits per heavy atom. The summed E-state index contributed by atoms with van der Waals surface area (Å²) in [5, 5.41) is 8.89. The molecule has 0 radical (unpaired) electrons. The molecular weight excluding hydrogens is 232 g/mol. The summed E-state index contributed by atoms with van der Waals surface area (Å²) in [7, 11) is 3.83. The zero-order valence-electron chi connectivity index (χ0n) is 11.6. The third kappa shape index (κ3) is 3.32. The van der Waals surface area contributed by atoms with Gasteiger partial charge < -0.3 is 14.9 Å². The van der Waals surface area contributed by atoms with Gasteiger partial charge in [0.15, 0.2) is 0 Å². The lowest BCUT2D eigenvalue weighted by molar-refractivity contribution is -0.134. The fourth-order valence-corrected chi connectivity index (χ4v) is 2.13. The zero-order chi connectivity index (χ0) is 13.9. The minimum atomic E-state index is -1.03. The Hall–Kier alpha value is -1.36. The third-order valence-electron chi connectivity index (χ3n) is 3.76. The Kier molecular flexibility index (Phi) is 4.90. The lowest BCUT2D eigenvalue weighted by atomic mass is 10.0. The molecule has 1 rings (SSSR count). The van der Waals surface area contributed by atoms with Crippen LogP contribution in [0.3, 0.4) is 0 Å². The van der Waals surface area contributed by atoms with E-state index < -0.39 is 5.97 Å². The van der Waals surface area contributed by atoms with Crippen molar-refractivity contribution >= 4 is 11.9 Å². The van der Waals surface area contributed by atoms with Crippen LogP contribution in [0.15, 0.2) is 11.1 Å². The lowest BCUT2D eigenvalue weighted by Crippen LogP contribution is -2.44. The number of rotatable bonds is 3. The smallest absolute Gasteiger partial charge is 0.331 e. The molecule has 0 saturated carbocycles. The normalized spacial score (nSPS) is 19.3. The van der Waals surface area contributed by atoms with Crippen molar-refractivity contribution in [2.24, 2.45) is 0 Å². The minimum absolute atomic E-state index is 0.125. The van der Waals surface area contributed by atoms with Gasteiger partial charge in [-0.15, -0.1) is 0 Å². The average molecular weight is 254 g/mol. The molecule has 1 aliphatic rings. The molecule has 18 heavy (non-hydrogen) atoms. The number of carbonyl (C=O) groups excluding carboxylic acids is 1. The Bertz CT molecular complexity index is 368. The van der Waals surface area contributed by atoms with Crippen molar-refractivity contribution in [2.45, 2.75) is 32.7 Å². The maximum absolute atomic E-state index is 12.2. The second-order valence-corrected chi connectivity index (χ2v) is 5.01. The van der Waals surface area contributed by atoms with Crippen LogP contribution in [0.4, 0.5) is 0 Å². The minimum Gasteiger partial charge on any atom is -0.478 e. The van der Waals surface area contributed by atoms with Gasteiger partial charge in [-0.3, -0.25) is 4.79 Å². The molecule has 0 unspecified atom stereocenters. The molecule has 5 nitrogen and oxygen atoms in total. The van der Waals surface area contributed by atoms with Crippen molar-refractivity contribution in [3.63, 3.8) is 0 Å². The largest absolute Gasteiger partial charge is 0.478 e. The maximum atomic E-state index is 12.2. The van der Waals surface area contributed by atoms with Gasteiger partial charge in [0.05, 0.1) is 0 Å². The van der Waals surface area contributed by atoms with Gasteiger partial charge in [0.25, 0.3) is 0 Å². The van der Waals surface area contributed by atoms with Crippen LogP contribution >= 0.6 is 0 Å². The standard InChI is InChI=1S/C13H22N2O3/c1-9(10(2)13(17)18)12(16)15(4)11-5-7-14(3)8-6-11/h11H,5-8H2,1-4H3,(H,17,18). The van der Waals surface area contributed by atoms with Crippen molar-refractivity contribution in [2.75, 3.05) is 27.2 Å². The number of carboxylic acids is 1. The number of nitrogens with zero attached hydrogens (tertiary/aromatic N) is 2. The first-order valence-electron chi connectivity index (χ1n) is 6.21. The van der Waals surface area contributed by atoms with Crippen molar-refractivity contribution in [1.29, 1.82) is 0 Å². The summed E-state index contributed by atoms with van der Waals surface area (Å²) in [6.45, 7) is 5.00. The van der Waals surface area contributed by atoms with Gasteiger partial charge in [-0.05, 0) is 46.8 Å². The number of carbonyl (C=O) groups is 2. The zero-order valence-corrected chi connectivity index (χ0v) is 11.6. The van der Waals surface area contributed by atoms with Gasteiger partial charge in [-0.1, -0.05) is 0 Å². The predicted molar refractivity (Wildman–Crippen MR) is 69.3 cm³/mol. The Morgan fingerprint density at radius 3 is 2.11 bits per heavy atom. The number of amides is 1. The van der Waals surface area contributed by atoms with Crippen LogP contribution < -0.4 is 0 Å². The molecule has 0 bridgehead atoms. The topological polar surface area (TPSA) is 60.9 Å². The first-order chi connectivity index (χ1) is 8.34. The van der Waals surface area contributed by atoms with E-state index in [4.69, 9.17) is 5.11 Å². The second kappa shape index (κ2) is 6.00. The molecule has 1 heterocycles. The van der Waals surface area contributed by atoms with E-state index in [2.05, 4.69) is 11.9 Å². The van der Waals surface area contributed by atoms with Gasteiger partial charge in [-0.2, -0.15) is 0 Å². The van der Waals surface area contributed by atoms with E-state index in [9.17, 15) is 9.59 Å². The van der Waals surface area contributed by atoms with Gasteiger partial charge in [-0.25, -0.2) is 4.79 Å². The average Bonchev–Trinajstić information content (AvgIpc) is 2.36.